The Morgan fingerprint density at radius 3 is 2.55 bits per heavy atom. The van der Waals surface area contributed by atoms with Crippen molar-refractivity contribution < 1.29 is 27.4 Å². The summed E-state index contributed by atoms with van der Waals surface area (Å²) in [5.74, 6) is 2.27. The van der Waals surface area contributed by atoms with Gasteiger partial charge >= 0.3 is 6.18 Å². The lowest BCUT2D eigenvalue weighted by atomic mass is 9.90. The van der Waals surface area contributed by atoms with E-state index in [1.807, 2.05) is 24.3 Å². The van der Waals surface area contributed by atoms with E-state index in [1.165, 1.54) is 11.1 Å². The van der Waals surface area contributed by atoms with Crippen LogP contribution in [0, 0.1) is 17.8 Å². The molecule has 0 radical (unpaired) electrons. The zero-order valence-electron chi connectivity index (χ0n) is 19.3. The molecule has 0 N–H and O–H groups in total. The van der Waals surface area contributed by atoms with Gasteiger partial charge in [-0.15, -0.1) is 4.68 Å². The van der Waals surface area contributed by atoms with Crippen LogP contribution in [0.5, 0.6) is 5.75 Å². The first-order valence-corrected chi connectivity index (χ1v) is 11.4. The molecule has 1 heterocycles. The standard InChI is InChI=1S/C23H33F3N5O2/c1-29(2)27-28-30(3)19-4-6-20(7-5-19)33-15-11-18-16-21(18)17-9-13-31(14-10-17)22(32)8-12-23(24,25)26/h4-7,17-18,21H,1,8-16H2,2-3H3/q+1. The summed E-state index contributed by atoms with van der Waals surface area (Å²) in [4.78, 5) is 13.6. The average Bonchev–Trinajstić information content (AvgIpc) is 3.55. The summed E-state index contributed by atoms with van der Waals surface area (Å²) in [6, 6.07) is 7.65. The molecule has 33 heavy (non-hydrogen) atoms. The van der Waals surface area contributed by atoms with E-state index in [0.29, 0.717) is 37.5 Å². The van der Waals surface area contributed by atoms with Crippen LogP contribution >= 0.6 is 0 Å². The molecule has 3 rings (SSSR count). The second kappa shape index (κ2) is 11.0. The number of hydrogen-bond donors (Lipinski definition) is 0. The third-order valence-electron chi connectivity index (χ3n) is 6.39. The predicted molar refractivity (Wildman–Crippen MR) is 119 cm³/mol. The molecule has 0 aromatic heterocycles. The van der Waals surface area contributed by atoms with Gasteiger partial charge in [0.1, 0.15) is 12.8 Å². The monoisotopic (exact) mass is 468 g/mol. The lowest BCUT2D eigenvalue weighted by molar-refractivity contribution is -0.503. The molecule has 0 bridgehead atoms. The highest BCUT2D eigenvalue weighted by atomic mass is 19.4. The van der Waals surface area contributed by atoms with Crippen molar-refractivity contribution in [2.45, 2.75) is 44.7 Å². The van der Waals surface area contributed by atoms with Crippen LogP contribution in [0.25, 0.3) is 0 Å². The Morgan fingerprint density at radius 2 is 1.94 bits per heavy atom. The SMILES string of the molecule is C=[N+](C)N=NN(C)c1ccc(OCCC2CC2C2CCN(C(=O)CCC(F)(F)F)CC2)cc1. The maximum absolute atomic E-state index is 12.3. The molecule has 2 aliphatic rings. The van der Waals surface area contributed by atoms with Gasteiger partial charge in [-0.25, -0.2) is 0 Å². The topological polar surface area (TPSA) is 60.5 Å². The molecule has 1 amide bonds. The van der Waals surface area contributed by atoms with E-state index in [4.69, 9.17) is 4.74 Å². The zero-order valence-corrected chi connectivity index (χ0v) is 19.3. The number of carbonyl (C=O) groups excluding carboxylic acids is 1. The summed E-state index contributed by atoms with van der Waals surface area (Å²) >= 11 is 0. The Bertz CT molecular complexity index is 835. The molecular weight excluding hydrogens is 435 g/mol. The molecule has 1 aliphatic heterocycles. The fourth-order valence-electron chi connectivity index (χ4n) is 4.43. The molecule has 10 heteroatoms. The molecule has 2 atom stereocenters. The molecule has 1 saturated carbocycles. The number of rotatable bonds is 10. The maximum Gasteiger partial charge on any atom is 0.389 e. The molecular formula is C23H33F3N5O2+. The quantitative estimate of drug-likeness (QED) is 0.216. The summed E-state index contributed by atoms with van der Waals surface area (Å²) in [6.07, 6.45) is -1.81. The Hall–Kier alpha value is -2.65. The second-order valence-electron chi connectivity index (χ2n) is 8.98. The highest BCUT2D eigenvalue weighted by molar-refractivity contribution is 5.76. The lowest BCUT2D eigenvalue weighted by Gasteiger charge is -2.32. The minimum Gasteiger partial charge on any atom is -0.494 e. The average molecular weight is 469 g/mol. The van der Waals surface area contributed by atoms with Gasteiger partial charge in [-0.3, -0.25) is 4.79 Å². The molecule has 2 fully saturated rings. The van der Waals surface area contributed by atoms with Gasteiger partial charge in [0.15, 0.2) is 10.4 Å². The van der Waals surface area contributed by atoms with Crippen molar-refractivity contribution in [3.05, 3.63) is 24.3 Å². The Labute approximate surface area is 192 Å². The molecule has 1 aromatic carbocycles. The van der Waals surface area contributed by atoms with Crippen LogP contribution in [-0.2, 0) is 4.79 Å². The van der Waals surface area contributed by atoms with E-state index in [9.17, 15) is 18.0 Å². The minimum atomic E-state index is -4.27. The van der Waals surface area contributed by atoms with Gasteiger partial charge in [-0.2, -0.15) is 18.2 Å². The van der Waals surface area contributed by atoms with Crippen LogP contribution in [0.1, 0.15) is 38.5 Å². The number of carbonyl (C=O) groups is 1. The van der Waals surface area contributed by atoms with Gasteiger partial charge in [-0.05, 0) is 67.7 Å². The summed E-state index contributed by atoms with van der Waals surface area (Å²) in [5, 5.41) is 9.52. The number of alkyl halides is 3. The number of anilines is 1. The van der Waals surface area contributed by atoms with Gasteiger partial charge in [0.05, 0.1) is 32.5 Å². The fourth-order valence-corrected chi connectivity index (χ4v) is 4.43. The largest absolute Gasteiger partial charge is 0.494 e. The first-order valence-electron chi connectivity index (χ1n) is 11.4. The van der Waals surface area contributed by atoms with Gasteiger partial charge < -0.3 is 9.64 Å². The summed E-state index contributed by atoms with van der Waals surface area (Å²) in [7, 11) is 3.50. The van der Waals surface area contributed by atoms with Crippen molar-refractivity contribution >= 4 is 18.3 Å². The number of likely N-dealkylation sites (tertiary alicyclic amines) is 1. The summed E-state index contributed by atoms with van der Waals surface area (Å²) in [6.45, 7) is 5.41. The Morgan fingerprint density at radius 1 is 1.27 bits per heavy atom. The van der Waals surface area contributed by atoms with Crippen LogP contribution in [0.2, 0.25) is 0 Å². The number of piperidine rings is 1. The molecule has 182 valence electrons. The van der Waals surface area contributed by atoms with Gasteiger partial charge in [0.2, 0.25) is 5.91 Å². The van der Waals surface area contributed by atoms with E-state index in [1.54, 1.807) is 24.0 Å². The lowest BCUT2D eigenvalue weighted by Crippen LogP contribution is -2.39. The first kappa shape index (κ1) is 25.0. The maximum atomic E-state index is 12.3. The van der Waals surface area contributed by atoms with Crippen molar-refractivity contribution in [2.24, 2.45) is 28.2 Å². The minimum absolute atomic E-state index is 0.374. The van der Waals surface area contributed by atoms with Gasteiger partial charge in [0, 0.05) is 19.5 Å². The molecule has 1 aromatic rings. The summed E-state index contributed by atoms with van der Waals surface area (Å²) in [5.41, 5.74) is 0.887. The van der Waals surface area contributed by atoms with Crippen molar-refractivity contribution in [2.75, 3.05) is 38.8 Å². The molecule has 7 nitrogen and oxygen atoms in total. The Kier molecular flexibility index (Phi) is 8.31. The first-order chi connectivity index (χ1) is 15.6. The smallest absolute Gasteiger partial charge is 0.389 e. The second-order valence-corrected chi connectivity index (χ2v) is 8.98. The van der Waals surface area contributed by atoms with Crippen LogP contribution in [0.4, 0.5) is 18.9 Å². The van der Waals surface area contributed by atoms with Crippen LogP contribution in [-0.4, -0.2) is 62.2 Å². The van der Waals surface area contributed by atoms with Crippen LogP contribution < -0.4 is 9.75 Å². The number of benzene rings is 1. The van der Waals surface area contributed by atoms with Gasteiger partial charge in [-0.1, -0.05) is 0 Å². The number of hydrogen-bond acceptors (Lipinski definition) is 4. The predicted octanol–water partition coefficient (Wildman–Crippen LogP) is 4.73. The Balaban J connectivity index is 1.32. The highest BCUT2D eigenvalue weighted by Gasteiger charge is 2.43. The van der Waals surface area contributed by atoms with Crippen molar-refractivity contribution in [1.82, 2.24) is 4.90 Å². The third kappa shape index (κ3) is 8.01. The van der Waals surface area contributed by atoms with E-state index in [2.05, 4.69) is 17.2 Å². The van der Waals surface area contributed by atoms with E-state index in [0.717, 1.165) is 30.7 Å². The van der Waals surface area contributed by atoms with Gasteiger partial charge in [0.25, 0.3) is 0 Å². The van der Waals surface area contributed by atoms with Crippen LogP contribution in [0.3, 0.4) is 0 Å². The van der Waals surface area contributed by atoms with Crippen molar-refractivity contribution in [3.63, 3.8) is 0 Å². The number of amides is 1. The third-order valence-corrected chi connectivity index (χ3v) is 6.39. The van der Waals surface area contributed by atoms with Crippen LogP contribution in [0.15, 0.2) is 34.7 Å². The fraction of sp³-hybridized carbons (Fsp3) is 0.652. The highest BCUT2D eigenvalue weighted by Crippen LogP contribution is 2.49. The zero-order chi connectivity index (χ0) is 24.0. The number of nitrogens with zero attached hydrogens (tertiary/aromatic N) is 5. The van der Waals surface area contributed by atoms with Crippen molar-refractivity contribution in [1.29, 1.82) is 0 Å². The normalized spacial score (nSPS) is 21.3. The summed E-state index contributed by atoms with van der Waals surface area (Å²) < 4.78 is 44.2. The van der Waals surface area contributed by atoms with E-state index < -0.39 is 19.0 Å². The van der Waals surface area contributed by atoms with E-state index >= 15 is 0 Å². The molecule has 1 saturated heterocycles. The van der Waals surface area contributed by atoms with E-state index in [-0.39, 0.29) is 5.91 Å². The number of ether oxygens (including phenoxy) is 1. The van der Waals surface area contributed by atoms with Crippen molar-refractivity contribution in [3.8, 4) is 5.75 Å². The molecule has 2 unspecified atom stereocenters. The number of halogens is 3. The molecule has 0 spiro atoms. The molecule has 1 aliphatic carbocycles.